The molecule has 0 radical (unpaired) electrons. The van der Waals surface area contributed by atoms with Crippen molar-refractivity contribution in [1.29, 1.82) is 0 Å². The summed E-state index contributed by atoms with van der Waals surface area (Å²) in [6.45, 7) is 3.96. The highest BCUT2D eigenvalue weighted by atomic mass is 35.5. The van der Waals surface area contributed by atoms with Crippen molar-refractivity contribution in [2.24, 2.45) is 5.92 Å². The van der Waals surface area contributed by atoms with Gasteiger partial charge in [0.15, 0.2) is 5.60 Å². The van der Waals surface area contributed by atoms with E-state index < -0.39 is 29.4 Å². The number of aromatic nitrogens is 3. The number of carbonyl (C=O) groups is 2. The molecule has 39 heavy (non-hydrogen) atoms. The first-order valence-corrected chi connectivity index (χ1v) is 13.1. The molecule has 0 spiro atoms. The highest BCUT2D eigenvalue weighted by Gasteiger charge is 2.52. The van der Waals surface area contributed by atoms with E-state index in [9.17, 15) is 19.8 Å². The molecule has 0 unspecified atom stereocenters. The van der Waals surface area contributed by atoms with E-state index in [-0.39, 0.29) is 13.2 Å². The molecule has 1 aliphatic rings. The Morgan fingerprint density at radius 1 is 1.21 bits per heavy atom. The molecule has 0 saturated carbocycles. The molecule has 4 rings (SSSR count). The molecule has 206 valence electrons. The Labute approximate surface area is 231 Å². The Kier molecular flexibility index (Phi) is 8.81. The number of hydrogen-bond acceptors (Lipinski definition) is 7. The number of anilines is 2. The lowest BCUT2D eigenvalue weighted by atomic mass is 9.83. The van der Waals surface area contributed by atoms with E-state index in [2.05, 4.69) is 15.6 Å². The van der Waals surface area contributed by atoms with Crippen LogP contribution in [-0.2, 0) is 34.7 Å². The summed E-state index contributed by atoms with van der Waals surface area (Å²) in [4.78, 5) is 27.0. The Balaban J connectivity index is 1.49. The number of carbonyl (C=O) groups excluding carboxylic acids is 2. The van der Waals surface area contributed by atoms with E-state index in [4.69, 9.17) is 16.7 Å². The Morgan fingerprint density at radius 3 is 2.64 bits per heavy atom. The van der Waals surface area contributed by atoms with Crippen molar-refractivity contribution < 1.29 is 24.9 Å². The molecule has 3 aromatic rings. The quantitative estimate of drug-likeness (QED) is 0.268. The normalized spacial score (nSPS) is 18.4. The second kappa shape index (κ2) is 12.1. The minimum absolute atomic E-state index is 0.0126. The maximum atomic E-state index is 13.7. The van der Waals surface area contributed by atoms with Crippen molar-refractivity contribution in [1.82, 2.24) is 15.0 Å². The van der Waals surface area contributed by atoms with Crippen molar-refractivity contribution in [2.75, 3.05) is 16.8 Å². The van der Waals surface area contributed by atoms with Crippen molar-refractivity contribution in [3.63, 3.8) is 0 Å². The fourth-order valence-corrected chi connectivity index (χ4v) is 4.69. The first-order chi connectivity index (χ1) is 18.6. The zero-order valence-electron chi connectivity index (χ0n) is 21.8. The predicted molar refractivity (Wildman–Crippen MR) is 147 cm³/mol. The van der Waals surface area contributed by atoms with Crippen LogP contribution in [0.2, 0.25) is 5.02 Å². The van der Waals surface area contributed by atoms with Gasteiger partial charge in [0.05, 0.1) is 17.9 Å². The van der Waals surface area contributed by atoms with Gasteiger partial charge in [0.25, 0.3) is 11.8 Å². The summed E-state index contributed by atoms with van der Waals surface area (Å²) in [6.07, 6.45) is 5.43. The molecule has 1 aromatic heterocycles. The molecule has 0 fully saturated rings. The summed E-state index contributed by atoms with van der Waals surface area (Å²) < 4.78 is 1.69. The number of aliphatic hydroxyl groups is 3. The SMILES string of the molecule is C[C@H](O)C(=O)Nc1ccc(CN2C(=O)[C@](O)([C@H](C)/C=C/CCn3cc(CCO)nn3)c3cc(Cl)ccc32)cc1. The number of fused-ring (bicyclic) bond motifs is 1. The monoisotopic (exact) mass is 553 g/mol. The van der Waals surface area contributed by atoms with Crippen LogP contribution < -0.4 is 10.2 Å². The third-order valence-electron chi connectivity index (χ3n) is 6.74. The summed E-state index contributed by atoms with van der Waals surface area (Å²) in [7, 11) is 0. The lowest BCUT2D eigenvalue weighted by Gasteiger charge is -2.27. The zero-order valence-corrected chi connectivity index (χ0v) is 22.5. The van der Waals surface area contributed by atoms with Gasteiger partial charge in [-0.25, -0.2) is 0 Å². The molecule has 2 heterocycles. The molecule has 0 saturated heterocycles. The first kappa shape index (κ1) is 28.4. The molecule has 1 aliphatic heterocycles. The zero-order chi connectivity index (χ0) is 28.2. The molecule has 0 aliphatic carbocycles. The van der Waals surface area contributed by atoms with E-state index in [1.807, 2.05) is 12.2 Å². The number of rotatable bonds is 11. The van der Waals surface area contributed by atoms with Crippen LogP contribution in [0.25, 0.3) is 0 Å². The largest absolute Gasteiger partial charge is 0.396 e. The summed E-state index contributed by atoms with van der Waals surface area (Å²) in [6, 6.07) is 12.0. The van der Waals surface area contributed by atoms with Crippen molar-refractivity contribution in [3.8, 4) is 0 Å². The van der Waals surface area contributed by atoms with Gasteiger partial charge in [0.1, 0.15) is 6.10 Å². The lowest BCUT2D eigenvalue weighted by Crippen LogP contribution is -2.44. The Morgan fingerprint density at radius 2 is 1.95 bits per heavy atom. The minimum Gasteiger partial charge on any atom is -0.396 e. The van der Waals surface area contributed by atoms with E-state index in [0.29, 0.717) is 47.0 Å². The van der Waals surface area contributed by atoms with Crippen LogP contribution in [0.5, 0.6) is 0 Å². The molecular formula is C28H32ClN5O5. The molecule has 0 bridgehead atoms. The number of hydrogen-bond donors (Lipinski definition) is 4. The van der Waals surface area contributed by atoms with Gasteiger partial charge in [0.2, 0.25) is 0 Å². The topological polar surface area (TPSA) is 141 Å². The van der Waals surface area contributed by atoms with Gasteiger partial charge in [-0.3, -0.25) is 14.3 Å². The number of benzene rings is 2. The molecule has 11 heteroatoms. The molecule has 4 N–H and O–H groups in total. The van der Waals surface area contributed by atoms with Crippen LogP contribution in [0.15, 0.2) is 60.8 Å². The van der Waals surface area contributed by atoms with Gasteiger partial charge in [-0.15, -0.1) is 5.10 Å². The first-order valence-electron chi connectivity index (χ1n) is 12.7. The van der Waals surface area contributed by atoms with Crippen molar-refractivity contribution >= 4 is 34.8 Å². The van der Waals surface area contributed by atoms with Crippen LogP contribution >= 0.6 is 11.6 Å². The van der Waals surface area contributed by atoms with E-state index in [0.717, 1.165) is 5.56 Å². The van der Waals surface area contributed by atoms with Gasteiger partial charge in [-0.1, -0.05) is 48.0 Å². The van der Waals surface area contributed by atoms with E-state index in [1.165, 1.54) is 11.8 Å². The summed E-state index contributed by atoms with van der Waals surface area (Å²) in [5.74, 6) is -1.51. The standard InChI is InChI=1S/C28H32ClN5O5/c1-18(5-3-4-13-33-17-23(12-14-35)31-32-33)28(39)24-15-21(29)8-11-25(24)34(27(28)38)16-20-6-9-22(10-7-20)30-26(37)19(2)36/h3,5-11,15,17-19,35-36,39H,4,12-14,16H2,1-2H3,(H,30,37)/b5-3+/t18-,19+,28+/m1/s1. The maximum absolute atomic E-state index is 13.7. The average Bonchev–Trinajstić information content (AvgIpc) is 3.44. The predicted octanol–water partition coefficient (Wildman–Crippen LogP) is 2.80. The highest BCUT2D eigenvalue weighted by Crippen LogP contribution is 2.46. The highest BCUT2D eigenvalue weighted by molar-refractivity contribution is 6.31. The summed E-state index contributed by atoms with van der Waals surface area (Å²) >= 11 is 6.27. The van der Waals surface area contributed by atoms with Gasteiger partial charge >= 0.3 is 0 Å². The van der Waals surface area contributed by atoms with Gasteiger partial charge in [-0.05, 0) is 49.2 Å². The number of nitrogens with zero attached hydrogens (tertiary/aromatic N) is 4. The van der Waals surface area contributed by atoms with Crippen LogP contribution in [0.1, 0.15) is 37.1 Å². The number of aryl methyl sites for hydroxylation is 1. The molecule has 2 aromatic carbocycles. The third-order valence-corrected chi connectivity index (χ3v) is 6.97. The fourth-order valence-electron chi connectivity index (χ4n) is 4.52. The van der Waals surface area contributed by atoms with E-state index >= 15 is 0 Å². The van der Waals surface area contributed by atoms with Crippen LogP contribution in [0, 0.1) is 5.92 Å². The third kappa shape index (κ3) is 6.20. The van der Waals surface area contributed by atoms with Crippen LogP contribution in [0.4, 0.5) is 11.4 Å². The van der Waals surface area contributed by atoms with Crippen molar-refractivity contribution in [2.45, 2.75) is 51.5 Å². The second-order valence-electron chi connectivity index (χ2n) is 9.63. The van der Waals surface area contributed by atoms with Gasteiger partial charge in [0, 0.05) is 48.0 Å². The number of nitrogens with one attached hydrogen (secondary N) is 1. The average molecular weight is 554 g/mol. The molecule has 2 amide bonds. The van der Waals surface area contributed by atoms with E-state index in [1.54, 1.807) is 60.3 Å². The lowest BCUT2D eigenvalue weighted by molar-refractivity contribution is -0.139. The number of halogens is 1. The smallest absolute Gasteiger partial charge is 0.264 e. The van der Waals surface area contributed by atoms with Gasteiger partial charge < -0.3 is 25.5 Å². The Hall–Kier alpha value is -3.57. The summed E-state index contributed by atoms with van der Waals surface area (Å²) in [5.41, 5.74) is 1.26. The number of allylic oxidation sites excluding steroid dienone is 1. The van der Waals surface area contributed by atoms with Crippen LogP contribution in [-0.4, -0.2) is 54.8 Å². The van der Waals surface area contributed by atoms with Crippen molar-refractivity contribution in [3.05, 3.63) is 82.7 Å². The second-order valence-corrected chi connectivity index (χ2v) is 10.1. The molecule has 3 atom stereocenters. The number of aliphatic hydroxyl groups excluding tert-OH is 2. The maximum Gasteiger partial charge on any atom is 0.264 e. The fraction of sp³-hybridized carbons (Fsp3) is 0.357. The Bertz CT molecular complexity index is 1360. The molecular weight excluding hydrogens is 522 g/mol. The summed E-state index contributed by atoms with van der Waals surface area (Å²) in [5, 5.41) is 41.3. The minimum atomic E-state index is -1.80. The van der Waals surface area contributed by atoms with Crippen LogP contribution in [0.3, 0.4) is 0 Å². The number of amides is 2. The molecule has 10 nitrogen and oxygen atoms in total. The van der Waals surface area contributed by atoms with Gasteiger partial charge in [-0.2, -0.15) is 0 Å².